The van der Waals surface area contributed by atoms with Crippen LogP contribution in [0.3, 0.4) is 0 Å². The first kappa shape index (κ1) is 24.0. The molecule has 0 aliphatic carbocycles. The summed E-state index contributed by atoms with van der Waals surface area (Å²) in [5, 5.41) is 10.2. The predicted octanol–water partition coefficient (Wildman–Crippen LogP) is 2.36. The van der Waals surface area contributed by atoms with Crippen molar-refractivity contribution in [2.45, 2.75) is 11.4 Å². The smallest absolute Gasteiger partial charge is 0.252 e. The summed E-state index contributed by atoms with van der Waals surface area (Å²) in [5.41, 5.74) is 2.26. The van der Waals surface area contributed by atoms with Crippen molar-refractivity contribution < 1.29 is 22.4 Å². The highest BCUT2D eigenvalue weighted by Gasteiger charge is 2.19. The Morgan fingerprint density at radius 1 is 0.971 bits per heavy atom. The van der Waals surface area contributed by atoms with Gasteiger partial charge in [0.2, 0.25) is 10.0 Å². The maximum absolute atomic E-state index is 13.4. The van der Waals surface area contributed by atoms with E-state index in [-0.39, 0.29) is 28.5 Å². The second-order valence-corrected chi connectivity index (χ2v) is 9.49. The molecule has 0 saturated heterocycles. The largest absolute Gasteiger partial charge is 0.355 e. The number of carbonyl (C=O) groups excluding carboxylic acids is 2. The number of amides is 2. The molecule has 3 aromatic carbocycles. The van der Waals surface area contributed by atoms with E-state index in [2.05, 4.69) is 20.5 Å². The van der Waals surface area contributed by atoms with Gasteiger partial charge in [-0.25, -0.2) is 22.2 Å². The average molecular weight is 496 g/mol. The van der Waals surface area contributed by atoms with Gasteiger partial charge in [-0.2, -0.15) is 5.10 Å². The van der Waals surface area contributed by atoms with E-state index >= 15 is 0 Å². The molecule has 0 radical (unpaired) electrons. The van der Waals surface area contributed by atoms with E-state index in [1.165, 1.54) is 55.3 Å². The molecule has 0 aliphatic rings. The lowest BCUT2D eigenvalue weighted by molar-refractivity contribution is 0.0952. The molecule has 0 saturated carbocycles. The Morgan fingerprint density at radius 3 is 2.29 bits per heavy atom. The summed E-state index contributed by atoms with van der Waals surface area (Å²) in [6.45, 7) is 0.135. The van der Waals surface area contributed by atoms with Crippen molar-refractivity contribution in [3.63, 3.8) is 0 Å². The minimum Gasteiger partial charge on any atom is -0.355 e. The third kappa shape index (κ3) is 4.91. The highest BCUT2D eigenvalue weighted by molar-refractivity contribution is 7.89. The molecule has 0 fully saturated rings. The van der Waals surface area contributed by atoms with Crippen LogP contribution in [0.1, 0.15) is 26.3 Å². The Bertz CT molecular complexity index is 1510. The molecule has 4 aromatic rings. The lowest BCUT2D eigenvalue weighted by atomic mass is 10.0. The minimum atomic E-state index is -3.56. The van der Waals surface area contributed by atoms with E-state index in [9.17, 15) is 22.4 Å². The average Bonchev–Trinajstić information content (AvgIpc) is 3.31. The Morgan fingerprint density at radius 2 is 1.66 bits per heavy atom. The maximum atomic E-state index is 13.4. The fourth-order valence-corrected chi connectivity index (χ4v) is 4.29. The van der Waals surface area contributed by atoms with Gasteiger partial charge >= 0.3 is 0 Å². The molecular weight excluding hydrogens is 473 g/mol. The molecule has 0 atom stereocenters. The van der Waals surface area contributed by atoms with Crippen molar-refractivity contribution in [2.24, 2.45) is 0 Å². The highest BCUT2D eigenvalue weighted by Crippen LogP contribution is 2.24. The van der Waals surface area contributed by atoms with Crippen LogP contribution in [0.25, 0.3) is 16.6 Å². The number of nitrogens with zero attached hydrogens (tertiary/aromatic N) is 2. The van der Waals surface area contributed by atoms with Gasteiger partial charge < -0.3 is 10.6 Å². The molecule has 35 heavy (non-hydrogen) atoms. The molecule has 180 valence electrons. The van der Waals surface area contributed by atoms with Crippen LogP contribution in [0.5, 0.6) is 0 Å². The normalized spacial score (nSPS) is 11.4. The van der Waals surface area contributed by atoms with Crippen molar-refractivity contribution in [1.29, 1.82) is 0 Å². The SMILES string of the molecule is CNC(=O)c1cc(C(=O)NCc2ccc(S(=O)(=O)NC)cc2)c2cnn(-c3ccc(F)cc3)c2c1. The number of hydrogen-bond donors (Lipinski definition) is 3. The van der Waals surface area contributed by atoms with Crippen LogP contribution >= 0.6 is 0 Å². The van der Waals surface area contributed by atoms with E-state index in [0.717, 1.165) is 0 Å². The molecule has 0 spiro atoms. The van der Waals surface area contributed by atoms with Gasteiger partial charge in [-0.1, -0.05) is 12.1 Å². The number of fused-ring (bicyclic) bond motifs is 1. The zero-order chi connectivity index (χ0) is 25.2. The van der Waals surface area contributed by atoms with Crippen LogP contribution in [0.15, 0.2) is 71.8 Å². The minimum absolute atomic E-state index is 0.114. The van der Waals surface area contributed by atoms with E-state index in [4.69, 9.17) is 0 Å². The number of aromatic nitrogens is 2. The summed E-state index contributed by atoms with van der Waals surface area (Å²) in [6.07, 6.45) is 1.51. The summed E-state index contributed by atoms with van der Waals surface area (Å²) in [4.78, 5) is 25.6. The van der Waals surface area contributed by atoms with Crippen LogP contribution in [0.2, 0.25) is 0 Å². The van der Waals surface area contributed by atoms with Gasteiger partial charge in [0.15, 0.2) is 0 Å². The Hall–Kier alpha value is -4.09. The van der Waals surface area contributed by atoms with Gasteiger partial charge in [0, 0.05) is 24.5 Å². The summed E-state index contributed by atoms with van der Waals surface area (Å²) in [6, 6.07) is 14.9. The predicted molar refractivity (Wildman–Crippen MR) is 128 cm³/mol. The lowest BCUT2D eigenvalue weighted by Crippen LogP contribution is -2.24. The molecule has 9 nitrogen and oxygen atoms in total. The van der Waals surface area contributed by atoms with E-state index in [0.29, 0.717) is 22.2 Å². The molecule has 0 unspecified atom stereocenters. The van der Waals surface area contributed by atoms with Crippen LogP contribution in [-0.2, 0) is 16.6 Å². The number of nitrogens with one attached hydrogen (secondary N) is 3. The van der Waals surface area contributed by atoms with Crippen LogP contribution in [0.4, 0.5) is 4.39 Å². The first-order chi connectivity index (χ1) is 16.7. The van der Waals surface area contributed by atoms with E-state index < -0.39 is 21.7 Å². The van der Waals surface area contributed by atoms with Crippen molar-refractivity contribution in [3.05, 3.63) is 89.4 Å². The quantitative estimate of drug-likeness (QED) is 0.363. The van der Waals surface area contributed by atoms with Gasteiger partial charge in [0.05, 0.1) is 27.9 Å². The Kier molecular flexibility index (Phi) is 6.63. The first-order valence-electron chi connectivity index (χ1n) is 10.5. The number of benzene rings is 3. The molecule has 4 rings (SSSR count). The van der Waals surface area contributed by atoms with E-state index in [1.807, 2.05) is 0 Å². The molecule has 11 heteroatoms. The number of halogens is 1. The third-order valence-corrected chi connectivity index (χ3v) is 6.88. The lowest BCUT2D eigenvalue weighted by Gasteiger charge is -2.10. The molecule has 1 heterocycles. The Labute approximate surface area is 201 Å². The van der Waals surface area contributed by atoms with Crippen molar-refractivity contribution in [2.75, 3.05) is 14.1 Å². The molecule has 0 aliphatic heterocycles. The van der Waals surface area contributed by atoms with Crippen molar-refractivity contribution in [1.82, 2.24) is 25.1 Å². The summed E-state index contributed by atoms with van der Waals surface area (Å²) >= 11 is 0. The topological polar surface area (TPSA) is 122 Å². The fourth-order valence-electron chi connectivity index (χ4n) is 3.56. The van der Waals surface area contributed by atoms with Crippen LogP contribution < -0.4 is 15.4 Å². The zero-order valence-corrected chi connectivity index (χ0v) is 19.7. The fraction of sp³-hybridized carbons (Fsp3) is 0.125. The van der Waals surface area contributed by atoms with Gasteiger partial charge in [0.25, 0.3) is 11.8 Å². The van der Waals surface area contributed by atoms with Crippen molar-refractivity contribution >= 4 is 32.7 Å². The molecular formula is C24H22FN5O4S. The standard InChI is InChI=1S/C24H22FN5O4S/c1-26-23(31)16-11-20(21-14-29-30(22(21)12-16)18-7-5-17(25)6-8-18)24(32)28-13-15-3-9-19(10-4-15)35(33,34)27-2/h3-12,14,27H,13H2,1-2H3,(H,26,31)(H,28,32). The second-order valence-electron chi connectivity index (χ2n) is 7.60. The molecule has 3 N–H and O–H groups in total. The van der Waals surface area contributed by atoms with E-state index in [1.54, 1.807) is 30.3 Å². The second kappa shape index (κ2) is 9.65. The van der Waals surface area contributed by atoms with Crippen LogP contribution in [0, 0.1) is 5.82 Å². The van der Waals surface area contributed by atoms with Gasteiger partial charge in [0.1, 0.15) is 5.82 Å². The maximum Gasteiger partial charge on any atom is 0.252 e. The van der Waals surface area contributed by atoms with Gasteiger partial charge in [-0.05, 0) is 61.1 Å². The van der Waals surface area contributed by atoms with Crippen LogP contribution in [-0.4, -0.2) is 44.1 Å². The zero-order valence-electron chi connectivity index (χ0n) is 18.9. The molecule has 0 bridgehead atoms. The van der Waals surface area contributed by atoms with Gasteiger partial charge in [-0.15, -0.1) is 0 Å². The monoisotopic (exact) mass is 495 g/mol. The number of carbonyl (C=O) groups is 2. The summed E-state index contributed by atoms with van der Waals surface area (Å²) in [7, 11) is -0.741. The highest BCUT2D eigenvalue weighted by atomic mass is 32.2. The molecule has 1 aromatic heterocycles. The first-order valence-corrected chi connectivity index (χ1v) is 12.0. The summed E-state index contributed by atoms with van der Waals surface area (Å²) < 4.78 is 40.9. The Balaban J connectivity index is 1.66. The third-order valence-electron chi connectivity index (χ3n) is 5.45. The molecule has 2 amide bonds. The van der Waals surface area contributed by atoms with Crippen molar-refractivity contribution in [3.8, 4) is 5.69 Å². The number of rotatable bonds is 7. The number of sulfonamides is 1. The summed E-state index contributed by atoms with van der Waals surface area (Å²) in [5.74, 6) is -1.21. The number of hydrogen-bond acceptors (Lipinski definition) is 5. The van der Waals surface area contributed by atoms with Gasteiger partial charge in [-0.3, -0.25) is 9.59 Å².